The summed E-state index contributed by atoms with van der Waals surface area (Å²) >= 11 is 12.1. The van der Waals surface area contributed by atoms with E-state index in [2.05, 4.69) is 4.72 Å². The van der Waals surface area contributed by atoms with Crippen molar-refractivity contribution in [3.05, 3.63) is 74.0 Å². The maximum absolute atomic E-state index is 13.4. The number of aromatic carboxylic acids is 1. The minimum atomic E-state index is -3.46. The van der Waals surface area contributed by atoms with Gasteiger partial charge in [-0.3, -0.25) is 9.52 Å². The highest BCUT2D eigenvalue weighted by atomic mass is 35.5. The molecule has 0 bridgehead atoms. The number of rotatable bonds is 6. The van der Waals surface area contributed by atoms with E-state index in [0.29, 0.717) is 34.1 Å². The maximum Gasteiger partial charge on any atom is 0.341 e. The van der Waals surface area contributed by atoms with Gasteiger partial charge in [-0.15, -0.1) is 0 Å². The predicted octanol–water partition coefficient (Wildman–Crippen LogP) is 4.89. The number of carbonyl (C=O) groups is 1. The van der Waals surface area contributed by atoms with Crippen LogP contribution in [0.3, 0.4) is 0 Å². The fraction of sp³-hybridized carbons (Fsp3) is 0.182. The van der Waals surface area contributed by atoms with Crippen LogP contribution in [0.25, 0.3) is 22.4 Å². The summed E-state index contributed by atoms with van der Waals surface area (Å²) in [5.74, 6) is -1.37. The molecule has 0 amide bonds. The zero-order chi connectivity index (χ0) is 23.8. The lowest BCUT2D eigenvalue weighted by atomic mass is 9.96. The highest BCUT2D eigenvalue weighted by Gasteiger charge is 2.25. The second-order valence-corrected chi connectivity index (χ2v) is 9.71. The number of hydrogen-bond donors (Lipinski definition) is 2. The molecule has 7 nitrogen and oxygen atoms in total. The molecule has 0 fully saturated rings. The Hall–Kier alpha value is -2.81. The van der Waals surface area contributed by atoms with E-state index in [1.807, 2.05) is 6.92 Å². The van der Waals surface area contributed by atoms with Crippen molar-refractivity contribution >= 4 is 44.9 Å². The Morgan fingerprint density at radius 2 is 1.66 bits per heavy atom. The number of nitrogens with one attached hydrogen (secondary N) is 1. The molecule has 0 spiro atoms. The minimum absolute atomic E-state index is 0.221. The van der Waals surface area contributed by atoms with Gasteiger partial charge in [0, 0.05) is 29.1 Å². The lowest BCUT2D eigenvalue weighted by Crippen LogP contribution is -2.25. The van der Waals surface area contributed by atoms with E-state index in [1.165, 1.54) is 18.2 Å². The van der Waals surface area contributed by atoms with Gasteiger partial charge in [-0.1, -0.05) is 41.4 Å². The Kier molecular flexibility index (Phi) is 6.69. The normalized spacial score (nSPS) is 11.4. The molecule has 0 saturated heterocycles. The minimum Gasteiger partial charge on any atom is -0.477 e. The number of halogens is 2. The zero-order valence-electron chi connectivity index (χ0n) is 17.4. The predicted molar refractivity (Wildman–Crippen MR) is 127 cm³/mol. The zero-order valence-corrected chi connectivity index (χ0v) is 19.8. The maximum atomic E-state index is 13.4. The van der Waals surface area contributed by atoms with Gasteiger partial charge in [0.25, 0.3) is 0 Å². The van der Waals surface area contributed by atoms with E-state index in [-0.39, 0.29) is 21.8 Å². The van der Waals surface area contributed by atoms with Gasteiger partial charge in [-0.25, -0.2) is 13.2 Å². The van der Waals surface area contributed by atoms with Crippen molar-refractivity contribution in [2.24, 2.45) is 0 Å². The molecule has 3 aromatic rings. The van der Waals surface area contributed by atoms with Gasteiger partial charge in [-0.05, 0) is 43.7 Å². The Balaban J connectivity index is 2.31. The molecule has 32 heavy (non-hydrogen) atoms. The molecule has 3 rings (SSSR count). The average molecular weight is 495 g/mol. The molecule has 10 heteroatoms. The van der Waals surface area contributed by atoms with Crippen LogP contribution in [0.4, 0.5) is 5.69 Å². The Morgan fingerprint density at radius 1 is 1.06 bits per heavy atom. The summed E-state index contributed by atoms with van der Waals surface area (Å²) in [5, 5.41) is 10.5. The van der Waals surface area contributed by atoms with Crippen LogP contribution in [0, 0.1) is 6.92 Å². The fourth-order valence-corrected chi connectivity index (χ4v) is 4.49. The largest absolute Gasteiger partial charge is 0.477 e. The first-order valence-electron chi connectivity index (χ1n) is 9.49. The van der Waals surface area contributed by atoms with Crippen molar-refractivity contribution in [1.29, 1.82) is 0 Å². The van der Waals surface area contributed by atoms with Crippen LogP contribution in [-0.2, 0) is 16.6 Å². The van der Waals surface area contributed by atoms with Gasteiger partial charge in [0.15, 0.2) is 0 Å². The molecule has 0 saturated carbocycles. The third-order valence-electron chi connectivity index (χ3n) is 4.93. The van der Waals surface area contributed by atoms with Crippen molar-refractivity contribution in [3.8, 4) is 22.4 Å². The van der Waals surface area contributed by atoms with Crippen LogP contribution in [-0.4, -0.2) is 30.3 Å². The number of carboxylic acid groups (broad SMARTS) is 1. The molecule has 1 aromatic heterocycles. The fourth-order valence-electron chi connectivity index (χ4n) is 3.63. The molecule has 2 N–H and O–H groups in total. The lowest BCUT2D eigenvalue weighted by molar-refractivity contribution is 0.0695. The van der Waals surface area contributed by atoms with Crippen molar-refractivity contribution in [2.45, 2.75) is 20.4 Å². The van der Waals surface area contributed by atoms with Crippen molar-refractivity contribution in [2.75, 3.05) is 11.0 Å². The van der Waals surface area contributed by atoms with Gasteiger partial charge in [0.2, 0.25) is 15.5 Å². The van der Waals surface area contributed by atoms with Gasteiger partial charge >= 0.3 is 5.97 Å². The van der Waals surface area contributed by atoms with Crippen LogP contribution in [0.5, 0.6) is 0 Å². The highest BCUT2D eigenvalue weighted by Crippen LogP contribution is 2.33. The summed E-state index contributed by atoms with van der Waals surface area (Å²) < 4.78 is 27.0. The molecule has 0 unspecified atom stereocenters. The number of benzene rings is 2. The van der Waals surface area contributed by atoms with Crippen LogP contribution >= 0.6 is 23.2 Å². The molecule has 1 heterocycles. The van der Waals surface area contributed by atoms with Gasteiger partial charge in [-0.2, -0.15) is 0 Å². The number of hydrogen-bond acceptors (Lipinski definition) is 4. The molecular formula is C22H20Cl2N2O5S. The summed E-state index contributed by atoms with van der Waals surface area (Å²) in [7, 11) is -3.46. The topological polar surface area (TPSA) is 105 Å². The molecule has 0 aliphatic rings. The number of aromatic nitrogens is 1. The van der Waals surface area contributed by atoms with Crippen molar-refractivity contribution in [1.82, 2.24) is 4.57 Å². The first-order valence-corrected chi connectivity index (χ1v) is 12.1. The lowest BCUT2D eigenvalue weighted by Gasteiger charge is -2.21. The first kappa shape index (κ1) is 23.8. The highest BCUT2D eigenvalue weighted by molar-refractivity contribution is 7.92. The molecule has 0 aliphatic carbocycles. The standard InChI is InChI=1S/C22H20Cl2N2O5S/c1-4-26-12(2)18(13-5-8-15(9-6-13)25-32(3,30)31)21(27)19(22(28)29)20(26)14-7-10-16(23)17(24)11-14/h5-11,25H,4H2,1-3H3,(H,28,29). The number of anilines is 1. The average Bonchev–Trinajstić information content (AvgIpc) is 2.69. The summed E-state index contributed by atoms with van der Waals surface area (Å²) in [6.45, 7) is 3.96. The summed E-state index contributed by atoms with van der Waals surface area (Å²) in [6, 6.07) is 10.9. The number of nitrogens with zero attached hydrogens (tertiary/aromatic N) is 1. The Bertz CT molecular complexity index is 1380. The monoisotopic (exact) mass is 494 g/mol. The van der Waals surface area contributed by atoms with Crippen LogP contribution in [0.1, 0.15) is 23.0 Å². The molecule has 0 aliphatic heterocycles. The van der Waals surface area contributed by atoms with E-state index in [0.717, 1.165) is 6.26 Å². The van der Waals surface area contributed by atoms with Gasteiger partial charge < -0.3 is 9.67 Å². The van der Waals surface area contributed by atoms with Crippen molar-refractivity contribution in [3.63, 3.8) is 0 Å². The van der Waals surface area contributed by atoms with Crippen LogP contribution < -0.4 is 10.2 Å². The molecule has 0 atom stereocenters. The quantitative estimate of drug-likeness (QED) is 0.507. The van der Waals surface area contributed by atoms with E-state index in [1.54, 1.807) is 35.8 Å². The smallest absolute Gasteiger partial charge is 0.341 e. The molecule has 2 aromatic carbocycles. The summed E-state index contributed by atoms with van der Waals surface area (Å²) in [6.07, 6.45) is 1.03. The van der Waals surface area contributed by atoms with E-state index in [4.69, 9.17) is 23.2 Å². The molecular weight excluding hydrogens is 475 g/mol. The SMILES string of the molecule is CCn1c(C)c(-c2ccc(NS(C)(=O)=O)cc2)c(=O)c(C(=O)O)c1-c1ccc(Cl)c(Cl)c1. The summed E-state index contributed by atoms with van der Waals surface area (Å²) in [5.41, 5.74) is 1.24. The summed E-state index contributed by atoms with van der Waals surface area (Å²) in [4.78, 5) is 25.6. The van der Waals surface area contributed by atoms with Gasteiger partial charge in [0.1, 0.15) is 5.56 Å². The van der Waals surface area contributed by atoms with E-state index < -0.39 is 21.4 Å². The van der Waals surface area contributed by atoms with E-state index in [9.17, 15) is 23.1 Å². The van der Waals surface area contributed by atoms with Crippen LogP contribution in [0.15, 0.2) is 47.3 Å². The number of carboxylic acids is 1. The molecule has 168 valence electrons. The Morgan fingerprint density at radius 3 is 2.16 bits per heavy atom. The Labute approximate surface area is 195 Å². The number of pyridine rings is 1. The first-order chi connectivity index (χ1) is 14.9. The second-order valence-electron chi connectivity index (χ2n) is 7.14. The third kappa shape index (κ3) is 4.67. The van der Waals surface area contributed by atoms with Gasteiger partial charge in [0.05, 0.1) is 22.0 Å². The second kappa shape index (κ2) is 8.97. The van der Waals surface area contributed by atoms with Crippen molar-refractivity contribution < 1.29 is 18.3 Å². The van der Waals surface area contributed by atoms with Crippen LogP contribution in [0.2, 0.25) is 10.0 Å². The third-order valence-corrected chi connectivity index (χ3v) is 6.27. The van der Waals surface area contributed by atoms with E-state index >= 15 is 0 Å². The molecule has 0 radical (unpaired) electrons. The number of sulfonamides is 1.